The van der Waals surface area contributed by atoms with Gasteiger partial charge in [-0.1, -0.05) is 6.92 Å². The summed E-state index contributed by atoms with van der Waals surface area (Å²) in [6.45, 7) is 4.27. The second-order valence-corrected chi connectivity index (χ2v) is 6.66. The number of aliphatic hydroxyl groups excluding tert-OH is 2. The van der Waals surface area contributed by atoms with Crippen molar-refractivity contribution in [3.63, 3.8) is 0 Å². The van der Waals surface area contributed by atoms with Crippen LogP contribution in [0.4, 0.5) is 0 Å². The van der Waals surface area contributed by atoms with Gasteiger partial charge in [0.1, 0.15) is 5.82 Å². The van der Waals surface area contributed by atoms with Crippen molar-refractivity contribution in [3.05, 3.63) is 12.0 Å². The minimum atomic E-state index is -3.74. The first kappa shape index (κ1) is 14.4. The molecule has 2 heterocycles. The molecule has 1 aliphatic heterocycles. The molecule has 2 atom stereocenters. The van der Waals surface area contributed by atoms with Gasteiger partial charge in [0.05, 0.1) is 12.2 Å². The van der Waals surface area contributed by atoms with Crippen LogP contribution in [0.2, 0.25) is 0 Å². The number of hydrogen-bond acceptors (Lipinski definition) is 5. The molecule has 0 saturated carbocycles. The van der Waals surface area contributed by atoms with Crippen LogP contribution in [0.1, 0.15) is 19.2 Å². The molecular formula is C11H19N3O4S. The monoisotopic (exact) mass is 289 g/mol. The summed E-state index contributed by atoms with van der Waals surface area (Å²) in [6, 6.07) is 0. The van der Waals surface area contributed by atoms with Crippen molar-refractivity contribution < 1.29 is 18.6 Å². The number of aromatic nitrogens is 2. The quantitative estimate of drug-likeness (QED) is 0.766. The molecule has 2 N–H and O–H groups in total. The Balaban J connectivity index is 2.27. The summed E-state index contributed by atoms with van der Waals surface area (Å²) in [6.07, 6.45) is 0.325. The normalized spacial score (nSPS) is 25.1. The molecule has 7 nitrogen and oxygen atoms in total. The van der Waals surface area contributed by atoms with E-state index in [-0.39, 0.29) is 18.1 Å². The van der Waals surface area contributed by atoms with Crippen molar-refractivity contribution in [2.24, 2.45) is 0 Å². The van der Waals surface area contributed by atoms with E-state index in [4.69, 9.17) is 0 Å². The molecule has 1 aromatic heterocycles. The summed E-state index contributed by atoms with van der Waals surface area (Å²) in [7, 11) is -3.74. The maximum atomic E-state index is 12.3. The molecule has 0 bridgehead atoms. The van der Waals surface area contributed by atoms with E-state index in [9.17, 15) is 18.6 Å². The molecule has 108 valence electrons. The predicted molar refractivity (Wildman–Crippen MR) is 68.0 cm³/mol. The number of aryl methyl sites for hydroxylation is 2. The highest BCUT2D eigenvalue weighted by atomic mass is 32.2. The smallest absolute Gasteiger partial charge is 0.262 e. The van der Waals surface area contributed by atoms with Gasteiger partial charge in [-0.15, -0.1) is 0 Å². The van der Waals surface area contributed by atoms with Gasteiger partial charge in [0.2, 0.25) is 0 Å². The van der Waals surface area contributed by atoms with E-state index < -0.39 is 22.2 Å². The number of nitrogens with zero attached hydrogens (tertiary/aromatic N) is 3. The first-order valence-electron chi connectivity index (χ1n) is 6.26. The fraction of sp³-hybridized carbons (Fsp3) is 0.727. The Hall–Kier alpha value is -0.960. The average molecular weight is 289 g/mol. The van der Waals surface area contributed by atoms with Crippen molar-refractivity contribution in [3.8, 4) is 0 Å². The van der Waals surface area contributed by atoms with Crippen LogP contribution >= 0.6 is 0 Å². The van der Waals surface area contributed by atoms with Crippen LogP contribution in [0, 0.1) is 6.92 Å². The highest BCUT2D eigenvalue weighted by Gasteiger charge is 2.38. The van der Waals surface area contributed by atoms with Crippen LogP contribution in [0.25, 0.3) is 0 Å². The average Bonchev–Trinajstić information content (AvgIpc) is 2.86. The third kappa shape index (κ3) is 2.66. The highest BCUT2D eigenvalue weighted by molar-refractivity contribution is 7.89. The van der Waals surface area contributed by atoms with Crippen LogP contribution in [0.3, 0.4) is 0 Å². The first-order valence-corrected chi connectivity index (χ1v) is 7.70. The zero-order valence-electron chi connectivity index (χ0n) is 11.0. The Morgan fingerprint density at radius 1 is 1.37 bits per heavy atom. The fourth-order valence-electron chi connectivity index (χ4n) is 2.13. The van der Waals surface area contributed by atoms with Crippen molar-refractivity contribution in [2.75, 3.05) is 13.1 Å². The number of aliphatic hydroxyl groups is 2. The van der Waals surface area contributed by atoms with Gasteiger partial charge in [-0.3, -0.25) is 0 Å². The van der Waals surface area contributed by atoms with E-state index in [1.165, 1.54) is 6.20 Å². The molecule has 1 aliphatic rings. The lowest BCUT2D eigenvalue weighted by molar-refractivity contribution is 0.0572. The van der Waals surface area contributed by atoms with Gasteiger partial charge in [0, 0.05) is 25.8 Å². The summed E-state index contributed by atoms with van der Waals surface area (Å²) in [5, 5.41) is 18.9. The van der Waals surface area contributed by atoms with Crippen LogP contribution in [-0.4, -0.2) is 57.8 Å². The van der Waals surface area contributed by atoms with E-state index >= 15 is 0 Å². The third-order valence-corrected chi connectivity index (χ3v) is 4.95. The van der Waals surface area contributed by atoms with Gasteiger partial charge in [-0.05, 0) is 13.3 Å². The second-order valence-electron chi connectivity index (χ2n) is 4.78. The summed E-state index contributed by atoms with van der Waals surface area (Å²) in [5.74, 6) is 0.640. The minimum Gasteiger partial charge on any atom is -0.389 e. The predicted octanol–water partition coefficient (Wildman–Crippen LogP) is -0.672. The van der Waals surface area contributed by atoms with E-state index in [0.717, 1.165) is 10.7 Å². The molecular weight excluding hydrogens is 270 g/mol. The van der Waals surface area contributed by atoms with Crippen molar-refractivity contribution >= 4 is 10.0 Å². The molecule has 0 spiro atoms. The van der Waals surface area contributed by atoms with E-state index in [1.54, 1.807) is 11.5 Å². The molecule has 2 rings (SSSR count). The molecule has 1 saturated heterocycles. The first-order chi connectivity index (χ1) is 8.86. The highest BCUT2D eigenvalue weighted by Crippen LogP contribution is 2.21. The molecule has 8 heteroatoms. The number of rotatable bonds is 4. The number of hydrogen-bond donors (Lipinski definition) is 2. The van der Waals surface area contributed by atoms with Crippen molar-refractivity contribution in [2.45, 2.75) is 44.0 Å². The lowest BCUT2D eigenvalue weighted by Gasteiger charge is -2.13. The van der Waals surface area contributed by atoms with Crippen LogP contribution in [0.5, 0.6) is 0 Å². The number of β-amino-alcohol motifs (C(OH)–C–C–N with tert-alkyl or cyclic N) is 2. The third-order valence-electron chi connectivity index (χ3n) is 3.25. The minimum absolute atomic E-state index is 0.0280. The van der Waals surface area contributed by atoms with Crippen LogP contribution in [-0.2, 0) is 16.6 Å². The lowest BCUT2D eigenvalue weighted by atomic mass is 10.3. The Morgan fingerprint density at radius 3 is 2.47 bits per heavy atom. The Kier molecular flexibility index (Phi) is 3.95. The summed E-state index contributed by atoms with van der Waals surface area (Å²) < 4.78 is 27.5. The maximum absolute atomic E-state index is 12.3. The maximum Gasteiger partial charge on any atom is 0.262 e. The van der Waals surface area contributed by atoms with Crippen LogP contribution in [0.15, 0.2) is 11.2 Å². The molecule has 0 unspecified atom stereocenters. The topological polar surface area (TPSA) is 95.7 Å². The zero-order valence-corrected chi connectivity index (χ0v) is 11.8. The molecule has 1 fully saturated rings. The van der Waals surface area contributed by atoms with Crippen molar-refractivity contribution in [1.82, 2.24) is 13.9 Å². The summed E-state index contributed by atoms with van der Waals surface area (Å²) in [4.78, 5) is 4.07. The van der Waals surface area contributed by atoms with E-state index in [2.05, 4.69) is 4.98 Å². The molecule has 0 radical (unpaired) electrons. The second kappa shape index (κ2) is 5.20. The Labute approximate surface area is 112 Å². The molecule has 0 aliphatic carbocycles. The van der Waals surface area contributed by atoms with E-state index in [0.29, 0.717) is 12.4 Å². The van der Waals surface area contributed by atoms with Gasteiger partial charge in [0.15, 0.2) is 5.03 Å². The Morgan fingerprint density at radius 2 is 1.95 bits per heavy atom. The largest absolute Gasteiger partial charge is 0.389 e. The zero-order chi connectivity index (χ0) is 14.2. The van der Waals surface area contributed by atoms with Gasteiger partial charge < -0.3 is 14.8 Å². The van der Waals surface area contributed by atoms with Gasteiger partial charge in [-0.2, -0.15) is 4.31 Å². The van der Waals surface area contributed by atoms with Crippen molar-refractivity contribution in [1.29, 1.82) is 0 Å². The standard InChI is InChI=1S/C11H19N3O4S/c1-3-4-13-7-11(12-8(13)2)19(17,18)14-5-9(15)10(16)6-14/h7,9-10,15-16H,3-6H2,1-2H3/t9-,10+. The Bertz CT molecular complexity index is 544. The number of sulfonamides is 1. The van der Waals surface area contributed by atoms with Gasteiger partial charge in [0.25, 0.3) is 10.0 Å². The molecule has 0 aromatic carbocycles. The SMILES string of the molecule is CCCn1cc(S(=O)(=O)N2C[C@@H](O)[C@@H](O)C2)nc1C. The van der Waals surface area contributed by atoms with E-state index in [1.807, 2.05) is 6.92 Å². The van der Waals surface area contributed by atoms with Gasteiger partial charge >= 0.3 is 0 Å². The summed E-state index contributed by atoms with van der Waals surface area (Å²) in [5.41, 5.74) is 0. The molecule has 0 amide bonds. The fourth-order valence-corrected chi connectivity index (χ4v) is 3.60. The summed E-state index contributed by atoms with van der Waals surface area (Å²) >= 11 is 0. The van der Waals surface area contributed by atoms with Crippen LogP contribution < -0.4 is 0 Å². The molecule has 1 aromatic rings. The number of imidazole rings is 1. The lowest BCUT2D eigenvalue weighted by Crippen LogP contribution is -2.30. The van der Waals surface area contributed by atoms with Gasteiger partial charge in [-0.25, -0.2) is 13.4 Å². The molecule has 19 heavy (non-hydrogen) atoms.